The predicted molar refractivity (Wildman–Crippen MR) is 51.0 cm³/mol. The number of rotatable bonds is 1. The number of hydrogen-bond donors (Lipinski definition) is 0. The molecular weight excluding hydrogens is 156 g/mol. The molecule has 1 rings (SSSR count). The summed E-state index contributed by atoms with van der Waals surface area (Å²) >= 11 is 5.91. The van der Waals surface area contributed by atoms with Crippen molar-refractivity contribution in [2.75, 3.05) is 0 Å². The Hall–Kier alpha value is -0.750. The van der Waals surface area contributed by atoms with E-state index in [0.717, 1.165) is 16.1 Å². The Balaban J connectivity index is 3.31. The van der Waals surface area contributed by atoms with Crippen LogP contribution >= 0.6 is 11.6 Å². The second kappa shape index (κ2) is 3.10. The molecule has 0 spiro atoms. The number of halogens is 1. The minimum Gasteiger partial charge on any atom is -0.0985 e. The van der Waals surface area contributed by atoms with Gasteiger partial charge in [0.25, 0.3) is 0 Å². The Morgan fingerprint density at radius 3 is 2.45 bits per heavy atom. The van der Waals surface area contributed by atoms with E-state index in [2.05, 4.69) is 6.58 Å². The quantitative estimate of drug-likeness (QED) is 0.598. The molecule has 0 aliphatic rings. The molecule has 0 saturated heterocycles. The molecule has 0 unspecified atom stereocenters. The molecule has 0 aliphatic carbocycles. The van der Waals surface area contributed by atoms with Gasteiger partial charge in [-0.25, -0.2) is 0 Å². The molecule has 0 nitrogen and oxygen atoms in total. The van der Waals surface area contributed by atoms with E-state index in [4.69, 9.17) is 11.6 Å². The van der Waals surface area contributed by atoms with Crippen LogP contribution in [0.1, 0.15) is 16.7 Å². The molecular formula is C10H11Cl. The standard InChI is InChI=1S/C10H11Cl/c1-4-9-5-8(3)10(11)6-7(9)2/h4-6H,1H2,2-3H3. The SMILES string of the molecule is C=Cc1cc(C)c(Cl)cc1C. The molecule has 0 saturated carbocycles. The zero-order valence-electron chi connectivity index (χ0n) is 6.82. The van der Waals surface area contributed by atoms with Crippen LogP contribution in [0.2, 0.25) is 5.02 Å². The van der Waals surface area contributed by atoms with Gasteiger partial charge in [0.1, 0.15) is 0 Å². The van der Waals surface area contributed by atoms with Gasteiger partial charge < -0.3 is 0 Å². The monoisotopic (exact) mass is 166 g/mol. The molecule has 0 bridgehead atoms. The van der Waals surface area contributed by atoms with Crippen molar-refractivity contribution in [1.29, 1.82) is 0 Å². The largest absolute Gasteiger partial charge is 0.0985 e. The molecule has 1 aromatic carbocycles. The van der Waals surface area contributed by atoms with Crippen molar-refractivity contribution in [3.63, 3.8) is 0 Å². The lowest BCUT2D eigenvalue weighted by atomic mass is 10.1. The van der Waals surface area contributed by atoms with Crippen LogP contribution in [0.15, 0.2) is 18.7 Å². The fourth-order valence-electron chi connectivity index (χ4n) is 1.02. The third-order valence-corrected chi connectivity index (χ3v) is 2.17. The summed E-state index contributed by atoms with van der Waals surface area (Å²) < 4.78 is 0. The van der Waals surface area contributed by atoms with E-state index in [0.29, 0.717) is 0 Å². The lowest BCUT2D eigenvalue weighted by molar-refractivity contribution is 1.38. The van der Waals surface area contributed by atoms with Gasteiger partial charge in [-0.15, -0.1) is 0 Å². The molecule has 0 radical (unpaired) electrons. The molecule has 1 aromatic rings. The molecule has 11 heavy (non-hydrogen) atoms. The number of hydrogen-bond acceptors (Lipinski definition) is 0. The van der Waals surface area contributed by atoms with E-state index in [1.165, 1.54) is 5.56 Å². The van der Waals surface area contributed by atoms with Crippen molar-refractivity contribution in [3.05, 3.63) is 40.4 Å². The highest BCUT2D eigenvalue weighted by Crippen LogP contribution is 2.20. The van der Waals surface area contributed by atoms with Crippen LogP contribution in [0, 0.1) is 13.8 Å². The number of benzene rings is 1. The topological polar surface area (TPSA) is 0 Å². The van der Waals surface area contributed by atoms with Crippen molar-refractivity contribution >= 4 is 17.7 Å². The molecule has 0 N–H and O–H groups in total. The van der Waals surface area contributed by atoms with Crippen LogP contribution < -0.4 is 0 Å². The Morgan fingerprint density at radius 1 is 1.27 bits per heavy atom. The van der Waals surface area contributed by atoms with Gasteiger partial charge in [0.2, 0.25) is 0 Å². The summed E-state index contributed by atoms with van der Waals surface area (Å²) in [5, 5.41) is 0.827. The molecule has 58 valence electrons. The first-order chi connectivity index (χ1) is 5.15. The van der Waals surface area contributed by atoms with Crippen LogP contribution in [-0.4, -0.2) is 0 Å². The van der Waals surface area contributed by atoms with Gasteiger partial charge in [-0.05, 0) is 36.6 Å². The highest BCUT2D eigenvalue weighted by atomic mass is 35.5. The fraction of sp³-hybridized carbons (Fsp3) is 0.200. The van der Waals surface area contributed by atoms with Crippen LogP contribution in [0.25, 0.3) is 6.08 Å². The summed E-state index contributed by atoms with van der Waals surface area (Å²) in [4.78, 5) is 0. The summed E-state index contributed by atoms with van der Waals surface area (Å²) in [7, 11) is 0. The second-order valence-electron chi connectivity index (χ2n) is 2.66. The van der Waals surface area contributed by atoms with Crippen LogP contribution in [-0.2, 0) is 0 Å². The van der Waals surface area contributed by atoms with E-state index in [1.807, 2.05) is 32.1 Å². The average molecular weight is 167 g/mol. The van der Waals surface area contributed by atoms with E-state index in [1.54, 1.807) is 0 Å². The third kappa shape index (κ3) is 1.63. The maximum Gasteiger partial charge on any atom is 0.0438 e. The second-order valence-corrected chi connectivity index (χ2v) is 3.07. The summed E-state index contributed by atoms with van der Waals surface area (Å²) in [6.07, 6.45) is 1.85. The smallest absolute Gasteiger partial charge is 0.0438 e. The first-order valence-electron chi connectivity index (χ1n) is 3.54. The molecule has 0 aromatic heterocycles. The fourth-order valence-corrected chi connectivity index (χ4v) is 1.24. The molecule has 0 atom stereocenters. The van der Waals surface area contributed by atoms with Crippen LogP contribution in [0.4, 0.5) is 0 Å². The molecule has 0 aliphatic heterocycles. The van der Waals surface area contributed by atoms with Gasteiger partial charge in [0, 0.05) is 5.02 Å². The molecule has 0 amide bonds. The Labute approximate surface area is 72.5 Å². The van der Waals surface area contributed by atoms with E-state index >= 15 is 0 Å². The van der Waals surface area contributed by atoms with Gasteiger partial charge in [-0.1, -0.05) is 30.3 Å². The van der Waals surface area contributed by atoms with Crippen LogP contribution in [0.3, 0.4) is 0 Å². The van der Waals surface area contributed by atoms with Crippen LogP contribution in [0.5, 0.6) is 0 Å². The lowest BCUT2D eigenvalue weighted by Crippen LogP contribution is -1.83. The summed E-state index contributed by atoms with van der Waals surface area (Å²) in [6, 6.07) is 4.01. The highest BCUT2D eigenvalue weighted by Gasteiger charge is 1.98. The Bertz CT molecular complexity index is 287. The summed E-state index contributed by atoms with van der Waals surface area (Å²) in [6.45, 7) is 7.74. The normalized spacial score (nSPS) is 9.73. The van der Waals surface area contributed by atoms with Gasteiger partial charge in [0.05, 0.1) is 0 Å². The summed E-state index contributed by atoms with van der Waals surface area (Å²) in [5.41, 5.74) is 3.44. The summed E-state index contributed by atoms with van der Waals surface area (Å²) in [5.74, 6) is 0. The molecule has 0 fully saturated rings. The van der Waals surface area contributed by atoms with E-state index in [9.17, 15) is 0 Å². The minimum atomic E-state index is 0.827. The molecule has 0 heterocycles. The third-order valence-electron chi connectivity index (χ3n) is 1.77. The van der Waals surface area contributed by atoms with E-state index in [-0.39, 0.29) is 0 Å². The van der Waals surface area contributed by atoms with Crippen molar-refractivity contribution in [2.24, 2.45) is 0 Å². The van der Waals surface area contributed by atoms with E-state index < -0.39 is 0 Å². The minimum absolute atomic E-state index is 0.827. The first kappa shape index (κ1) is 8.35. The van der Waals surface area contributed by atoms with Gasteiger partial charge >= 0.3 is 0 Å². The Morgan fingerprint density at radius 2 is 1.91 bits per heavy atom. The molecule has 1 heteroatoms. The zero-order valence-corrected chi connectivity index (χ0v) is 7.57. The maximum atomic E-state index is 5.91. The lowest BCUT2D eigenvalue weighted by Gasteiger charge is -2.03. The van der Waals surface area contributed by atoms with Gasteiger partial charge in [-0.3, -0.25) is 0 Å². The number of aryl methyl sites for hydroxylation is 2. The highest BCUT2D eigenvalue weighted by molar-refractivity contribution is 6.31. The van der Waals surface area contributed by atoms with Gasteiger partial charge in [0.15, 0.2) is 0 Å². The van der Waals surface area contributed by atoms with Crippen molar-refractivity contribution in [1.82, 2.24) is 0 Å². The average Bonchev–Trinajstić information content (AvgIpc) is 1.97. The zero-order chi connectivity index (χ0) is 8.43. The Kier molecular flexibility index (Phi) is 2.35. The first-order valence-corrected chi connectivity index (χ1v) is 3.92. The van der Waals surface area contributed by atoms with Gasteiger partial charge in [-0.2, -0.15) is 0 Å². The predicted octanol–water partition coefficient (Wildman–Crippen LogP) is 3.60. The maximum absolute atomic E-state index is 5.91. The van der Waals surface area contributed by atoms with Crippen molar-refractivity contribution in [3.8, 4) is 0 Å². The van der Waals surface area contributed by atoms with Crippen molar-refractivity contribution < 1.29 is 0 Å². The van der Waals surface area contributed by atoms with Crippen molar-refractivity contribution in [2.45, 2.75) is 13.8 Å².